The van der Waals surface area contributed by atoms with Gasteiger partial charge in [-0.3, -0.25) is 4.79 Å². The minimum Gasteiger partial charge on any atom is -0.426 e. The van der Waals surface area contributed by atoms with Gasteiger partial charge in [-0.15, -0.1) is 0 Å². The number of carbonyl (C=O) groups is 1. The molecule has 158 valence electrons. The summed E-state index contributed by atoms with van der Waals surface area (Å²) < 4.78 is 0. The Bertz CT molecular complexity index is 943. The van der Waals surface area contributed by atoms with Crippen LogP contribution in [0.5, 0.6) is 0 Å². The molecule has 0 unspecified atom stereocenters. The van der Waals surface area contributed by atoms with Gasteiger partial charge in [-0.2, -0.15) is 0 Å². The zero-order valence-corrected chi connectivity index (χ0v) is 17.5. The Labute approximate surface area is 177 Å². The van der Waals surface area contributed by atoms with E-state index < -0.39 is 19.1 Å². The number of hydrogen-bond donors (Lipinski definition) is 5. The van der Waals surface area contributed by atoms with Crippen LogP contribution in [0.2, 0.25) is 0 Å². The maximum Gasteiger partial charge on any atom is 0.475 e. The van der Waals surface area contributed by atoms with Crippen LogP contribution < -0.4 is 10.6 Å². The van der Waals surface area contributed by atoms with Gasteiger partial charge < -0.3 is 25.7 Å². The maximum absolute atomic E-state index is 13.1. The number of H-pyrrole nitrogens is 1. The van der Waals surface area contributed by atoms with Gasteiger partial charge >= 0.3 is 7.12 Å². The molecule has 0 fully saturated rings. The average molecular weight is 407 g/mol. The summed E-state index contributed by atoms with van der Waals surface area (Å²) in [6, 6.07) is 17.4. The van der Waals surface area contributed by atoms with Crippen molar-refractivity contribution >= 4 is 23.9 Å². The molecule has 2 aromatic carbocycles. The molecule has 3 aromatic rings. The molecule has 0 aliphatic rings. The highest BCUT2D eigenvalue weighted by Gasteiger charge is 2.29. The standard InChI is InChI=1S/C23H30BN3O3/c1-16(2)12-22(24(29)30)27-23(28)21(25-14-17-8-4-3-5-9-17)13-18-15-26-20-11-7-6-10-19(18)20/h3-11,15-16,21-22,25-26,29-30H,12-14H2,1-2H3,(H,27,28)/t21-,22-/m0/s1. The molecule has 2 atom stereocenters. The third-order valence-corrected chi connectivity index (χ3v) is 5.22. The Hall–Kier alpha value is -2.61. The van der Waals surface area contributed by atoms with Crippen molar-refractivity contribution in [3.05, 3.63) is 71.9 Å². The number of carbonyl (C=O) groups excluding carboxylic acids is 1. The second kappa shape index (κ2) is 10.4. The van der Waals surface area contributed by atoms with Gasteiger partial charge in [-0.25, -0.2) is 0 Å². The molecule has 0 aliphatic carbocycles. The van der Waals surface area contributed by atoms with E-state index in [1.165, 1.54) is 0 Å². The van der Waals surface area contributed by atoms with Crippen LogP contribution in [0.4, 0.5) is 0 Å². The van der Waals surface area contributed by atoms with Crippen molar-refractivity contribution in [2.45, 2.75) is 45.2 Å². The summed E-state index contributed by atoms with van der Waals surface area (Å²) in [5, 5.41) is 26.7. The molecule has 0 aliphatic heterocycles. The van der Waals surface area contributed by atoms with Crippen molar-refractivity contribution in [1.29, 1.82) is 0 Å². The average Bonchev–Trinajstić information content (AvgIpc) is 3.13. The van der Waals surface area contributed by atoms with E-state index in [4.69, 9.17) is 0 Å². The first kappa shape index (κ1) is 22.1. The molecule has 0 saturated carbocycles. The molecule has 0 saturated heterocycles. The Balaban J connectivity index is 1.78. The van der Waals surface area contributed by atoms with E-state index in [9.17, 15) is 14.8 Å². The molecule has 3 rings (SSSR count). The predicted molar refractivity (Wildman–Crippen MR) is 121 cm³/mol. The van der Waals surface area contributed by atoms with E-state index in [0.717, 1.165) is 22.0 Å². The molecule has 7 heteroatoms. The Morgan fingerprint density at radius 3 is 2.47 bits per heavy atom. The van der Waals surface area contributed by atoms with E-state index in [2.05, 4.69) is 15.6 Å². The summed E-state index contributed by atoms with van der Waals surface area (Å²) in [7, 11) is -1.60. The Morgan fingerprint density at radius 1 is 1.07 bits per heavy atom. The van der Waals surface area contributed by atoms with E-state index in [1.54, 1.807) is 0 Å². The minimum absolute atomic E-state index is 0.224. The quantitative estimate of drug-likeness (QED) is 0.334. The fourth-order valence-electron chi connectivity index (χ4n) is 3.66. The van der Waals surface area contributed by atoms with Crippen molar-refractivity contribution < 1.29 is 14.8 Å². The Kier molecular flexibility index (Phi) is 7.68. The summed E-state index contributed by atoms with van der Waals surface area (Å²) >= 11 is 0. The number of benzene rings is 2. The van der Waals surface area contributed by atoms with Crippen LogP contribution in [0, 0.1) is 5.92 Å². The molecule has 0 radical (unpaired) electrons. The third kappa shape index (κ3) is 5.95. The first-order chi connectivity index (χ1) is 14.4. The van der Waals surface area contributed by atoms with Gasteiger partial charge in [0.15, 0.2) is 0 Å². The summed E-state index contributed by atoms with van der Waals surface area (Å²) in [4.78, 5) is 16.4. The van der Waals surface area contributed by atoms with E-state index in [-0.39, 0.29) is 11.8 Å². The largest absolute Gasteiger partial charge is 0.475 e. The lowest BCUT2D eigenvalue weighted by Gasteiger charge is -2.24. The number of aromatic amines is 1. The van der Waals surface area contributed by atoms with Gasteiger partial charge in [0.2, 0.25) is 5.91 Å². The van der Waals surface area contributed by atoms with Crippen molar-refractivity contribution in [1.82, 2.24) is 15.6 Å². The molecule has 0 spiro atoms. The highest BCUT2D eigenvalue weighted by molar-refractivity contribution is 6.43. The van der Waals surface area contributed by atoms with E-state index >= 15 is 0 Å². The number of aromatic nitrogens is 1. The van der Waals surface area contributed by atoms with Gasteiger partial charge in [0, 0.05) is 23.6 Å². The summed E-state index contributed by atoms with van der Waals surface area (Å²) in [5.74, 6) is -0.724. The number of hydrogen-bond acceptors (Lipinski definition) is 4. The van der Waals surface area contributed by atoms with E-state index in [1.807, 2.05) is 74.6 Å². The van der Waals surface area contributed by atoms with Crippen molar-refractivity contribution in [3.8, 4) is 0 Å². The highest BCUT2D eigenvalue weighted by Crippen LogP contribution is 2.19. The van der Waals surface area contributed by atoms with Crippen molar-refractivity contribution in [2.24, 2.45) is 5.92 Å². The van der Waals surface area contributed by atoms with Crippen molar-refractivity contribution in [3.63, 3.8) is 0 Å². The topological polar surface area (TPSA) is 97.4 Å². The Morgan fingerprint density at radius 2 is 1.77 bits per heavy atom. The zero-order valence-electron chi connectivity index (χ0n) is 17.5. The maximum atomic E-state index is 13.1. The van der Waals surface area contributed by atoms with E-state index in [0.29, 0.717) is 19.4 Å². The molecule has 1 aromatic heterocycles. The number of fused-ring (bicyclic) bond motifs is 1. The van der Waals surface area contributed by atoms with Crippen LogP contribution in [0.3, 0.4) is 0 Å². The van der Waals surface area contributed by atoms with Crippen LogP contribution in [-0.2, 0) is 17.8 Å². The molecular weight excluding hydrogens is 377 g/mol. The number of para-hydroxylation sites is 1. The molecule has 30 heavy (non-hydrogen) atoms. The SMILES string of the molecule is CC(C)C[C@H](NC(=O)[C@H](Cc1c[nH]c2ccccc12)NCc1ccccc1)B(O)O. The monoisotopic (exact) mass is 407 g/mol. The third-order valence-electron chi connectivity index (χ3n) is 5.22. The van der Waals surface area contributed by atoms with Crippen LogP contribution >= 0.6 is 0 Å². The minimum atomic E-state index is -1.60. The van der Waals surface area contributed by atoms with Gasteiger partial charge in [-0.1, -0.05) is 62.4 Å². The first-order valence-electron chi connectivity index (χ1n) is 10.4. The molecule has 6 nitrogen and oxygen atoms in total. The number of amides is 1. The lowest BCUT2D eigenvalue weighted by Crippen LogP contribution is -2.53. The summed E-state index contributed by atoms with van der Waals surface area (Å²) in [6.07, 6.45) is 2.90. The first-order valence-corrected chi connectivity index (χ1v) is 10.4. The van der Waals surface area contributed by atoms with Crippen molar-refractivity contribution in [2.75, 3.05) is 0 Å². The molecule has 1 heterocycles. The van der Waals surface area contributed by atoms with Crippen LogP contribution in [0.25, 0.3) is 10.9 Å². The number of rotatable bonds is 10. The zero-order chi connectivity index (χ0) is 21.5. The summed E-state index contributed by atoms with van der Waals surface area (Å²) in [5.41, 5.74) is 3.14. The molecule has 5 N–H and O–H groups in total. The van der Waals surface area contributed by atoms with Gasteiger partial charge in [-0.05, 0) is 36.0 Å². The van der Waals surface area contributed by atoms with Gasteiger partial charge in [0.25, 0.3) is 0 Å². The lowest BCUT2D eigenvalue weighted by molar-refractivity contribution is -0.123. The van der Waals surface area contributed by atoms with Crippen LogP contribution in [-0.4, -0.2) is 40.0 Å². The predicted octanol–water partition coefficient (Wildman–Crippen LogP) is 2.41. The number of nitrogens with one attached hydrogen (secondary N) is 3. The molecule has 0 bridgehead atoms. The molecular formula is C23H30BN3O3. The second-order valence-corrected chi connectivity index (χ2v) is 8.14. The lowest BCUT2D eigenvalue weighted by atomic mass is 9.75. The fourth-order valence-corrected chi connectivity index (χ4v) is 3.66. The normalized spacial score (nSPS) is 13.4. The smallest absolute Gasteiger partial charge is 0.426 e. The highest BCUT2D eigenvalue weighted by atomic mass is 16.4. The second-order valence-electron chi connectivity index (χ2n) is 8.14. The van der Waals surface area contributed by atoms with Gasteiger partial charge in [0.1, 0.15) is 0 Å². The summed E-state index contributed by atoms with van der Waals surface area (Å²) in [6.45, 7) is 4.51. The fraction of sp³-hybridized carbons (Fsp3) is 0.348. The van der Waals surface area contributed by atoms with Crippen LogP contribution in [0.1, 0.15) is 31.4 Å². The van der Waals surface area contributed by atoms with Gasteiger partial charge in [0.05, 0.1) is 12.0 Å². The molecule has 1 amide bonds. The van der Waals surface area contributed by atoms with Crippen LogP contribution in [0.15, 0.2) is 60.8 Å².